The summed E-state index contributed by atoms with van der Waals surface area (Å²) in [5, 5.41) is 12.7. The number of carboxylic acids is 1. The Kier molecular flexibility index (Phi) is 4.80. The van der Waals surface area contributed by atoms with Gasteiger partial charge in [0.15, 0.2) is 10.8 Å². The molecular formula is C17H15N5O2S. The number of aromatic amines is 1. The molecule has 0 atom stereocenters. The third-order valence-corrected chi connectivity index (χ3v) is 4.33. The summed E-state index contributed by atoms with van der Waals surface area (Å²) >= 11 is 1.44. The minimum Gasteiger partial charge on any atom is -0.478 e. The van der Waals surface area contributed by atoms with E-state index in [1.807, 2.05) is 36.8 Å². The number of aryl methyl sites for hydroxylation is 2. The number of pyridine rings is 1. The molecule has 25 heavy (non-hydrogen) atoms. The summed E-state index contributed by atoms with van der Waals surface area (Å²) in [6.45, 7) is 3.54. The summed E-state index contributed by atoms with van der Waals surface area (Å²) < 4.78 is 0. The van der Waals surface area contributed by atoms with Gasteiger partial charge < -0.3 is 10.1 Å². The Balaban J connectivity index is 0.000000170. The molecule has 8 heteroatoms. The number of thiazole rings is 1. The first-order valence-electron chi connectivity index (χ1n) is 7.41. The molecule has 126 valence electrons. The lowest BCUT2D eigenvalue weighted by Crippen LogP contribution is -2.04. The summed E-state index contributed by atoms with van der Waals surface area (Å²) in [5.41, 5.74) is 2.57. The van der Waals surface area contributed by atoms with Crippen LogP contribution in [0.2, 0.25) is 0 Å². The molecule has 0 spiro atoms. The van der Waals surface area contributed by atoms with E-state index in [-0.39, 0.29) is 5.56 Å². The lowest BCUT2D eigenvalue weighted by molar-refractivity contribution is 0.0695. The molecule has 0 aliphatic heterocycles. The average molecular weight is 353 g/mol. The van der Waals surface area contributed by atoms with Gasteiger partial charge in [-0.3, -0.25) is 4.98 Å². The van der Waals surface area contributed by atoms with Gasteiger partial charge in [-0.1, -0.05) is 0 Å². The summed E-state index contributed by atoms with van der Waals surface area (Å²) in [7, 11) is 0. The highest BCUT2D eigenvalue weighted by molar-refractivity contribution is 7.13. The van der Waals surface area contributed by atoms with Gasteiger partial charge in [0.2, 0.25) is 0 Å². The minimum absolute atomic E-state index is 0.122. The number of aromatic nitrogens is 5. The fourth-order valence-corrected chi connectivity index (χ4v) is 2.86. The predicted octanol–water partition coefficient (Wildman–Crippen LogP) is 3.48. The summed E-state index contributed by atoms with van der Waals surface area (Å²) in [6, 6.07) is 4.00. The number of aromatic carboxylic acids is 1. The number of carbonyl (C=O) groups is 1. The third kappa shape index (κ3) is 3.86. The molecule has 0 amide bonds. The van der Waals surface area contributed by atoms with E-state index >= 15 is 0 Å². The van der Waals surface area contributed by atoms with Crippen LogP contribution in [-0.4, -0.2) is 36.0 Å². The van der Waals surface area contributed by atoms with Crippen LogP contribution in [0.25, 0.3) is 21.7 Å². The maximum Gasteiger partial charge on any atom is 0.339 e. The highest BCUT2D eigenvalue weighted by atomic mass is 32.1. The number of carboxylic acid groups (broad SMARTS) is 1. The van der Waals surface area contributed by atoms with E-state index in [9.17, 15) is 4.79 Å². The first-order valence-corrected chi connectivity index (χ1v) is 8.29. The maximum absolute atomic E-state index is 10.8. The Morgan fingerprint density at radius 3 is 2.68 bits per heavy atom. The molecule has 4 rings (SSSR count). The Hall–Kier alpha value is -3.13. The lowest BCUT2D eigenvalue weighted by Gasteiger charge is -2.00. The van der Waals surface area contributed by atoms with Gasteiger partial charge in [-0.15, -0.1) is 11.3 Å². The van der Waals surface area contributed by atoms with Crippen LogP contribution in [0.1, 0.15) is 21.7 Å². The van der Waals surface area contributed by atoms with Gasteiger partial charge in [-0.2, -0.15) is 0 Å². The number of rotatable bonds is 2. The van der Waals surface area contributed by atoms with Crippen molar-refractivity contribution < 1.29 is 9.90 Å². The first-order chi connectivity index (χ1) is 12.0. The summed E-state index contributed by atoms with van der Waals surface area (Å²) in [6.07, 6.45) is 6.83. The second-order valence-corrected chi connectivity index (χ2v) is 6.09. The molecule has 0 saturated carbocycles. The molecule has 0 aliphatic carbocycles. The van der Waals surface area contributed by atoms with Crippen molar-refractivity contribution in [2.75, 3.05) is 0 Å². The molecule has 0 bridgehead atoms. The molecule has 4 heterocycles. The highest BCUT2D eigenvalue weighted by Crippen LogP contribution is 2.20. The van der Waals surface area contributed by atoms with Gasteiger partial charge in [0.05, 0.1) is 23.0 Å². The van der Waals surface area contributed by atoms with Crippen LogP contribution in [0.5, 0.6) is 0 Å². The standard InChI is InChI=1S/C10H9N3O2S.C7H6N2/c1-5-4-16-9(12-5)8-11-3-7(10(14)15)6(2)13-8;1-3-8-5-7-6(1)2-4-9-7/h3-4H,1-2H3,(H,14,15);1-5,9H. The molecule has 0 saturated heterocycles. The van der Waals surface area contributed by atoms with Crippen LogP contribution < -0.4 is 0 Å². The van der Waals surface area contributed by atoms with Gasteiger partial charge >= 0.3 is 5.97 Å². The van der Waals surface area contributed by atoms with Crippen molar-refractivity contribution in [1.29, 1.82) is 0 Å². The fraction of sp³-hybridized carbons (Fsp3) is 0.118. The van der Waals surface area contributed by atoms with Crippen LogP contribution in [0, 0.1) is 13.8 Å². The quantitative estimate of drug-likeness (QED) is 0.572. The van der Waals surface area contributed by atoms with Gasteiger partial charge in [0.1, 0.15) is 0 Å². The van der Waals surface area contributed by atoms with Crippen LogP contribution in [-0.2, 0) is 0 Å². The van der Waals surface area contributed by atoms with Crippen molar-refractivity contribution in [3.05, 3.63) is 59.3 Å². The summed E-state index contributed by atoms with van der Waals surface area (Å²) in [4.78, 5) is 30.2. The predicted molar refractivity (Wildman–Crippen MR) is 95.7 cm³/mol. The Morgan fingerprint density at radius 1 is 1.20 bits per heavy atom. The smallest absolute Gasteiger partial charge is 0.339 e. The van der Waals surface area contributed by atoms with E-state index in [1.165, 1.54) is 22.9 Å². The Morgan fingerprint density at radius 2 is 2.04 bits per heavy atom. The zero-order chi connectivity index (χ0) is 17.8. The van der Waals surface area contributed by atoms with E-state index in [0.717, 1.165) is 11.2 Å². The van der Waals surface area contributed by atoms with Gasteiger partial charge in [-0.05, 0) is 26.0 Å². The first kappa shape index (κ1) is 16.7. The topological polar surface area (TPSA) is 105 Å². The van der Waals surface area contributed by atoms with Gasteiger partial charge in [0.25, 0.3) is 0 Å². The normalized spacial score (nSPS) is 10.3. The largest absolute Gasteiger partial charge is 0.478 e. The molecule has 4 aromatic rings. The fourth-order valence-electron chi connectivity index (χ4n) is 2.13. The molecule has 0 unspecified atom stereocenters. The van der Waals surface area contributed by atoms with E-state index in [1.54, 1.807) is 13.1 Å². The second-order valence-electron chi connectivity index (χ2n) is 5.23. The van der Waals surface area contributed by atoms with Crippen molar-refractivity contribution in [2.45, 2.75) is 13.8 Å². The molecule has 0 radical (unpaired) electrons. The van der Waals surface area contributed by atoms with Crippen molar-refractivity contribution in [3.63, 3.8) is 0 Å². The Bertz CT molecular complexity index is 994. The van der Waals surface area contributed by atoms with Crippen LogP contribution in [0.3, 0.4) is 0 Å². The molecule has 0 aliphatic rings. The number of nitrogens with zero attached hydrogens (tertiary/aromatic N) is 4. The minimum atomic E-state index is -1.01. The molecule has 0 aromatic carbocycles. The third-order valence-electron chi connectivity index (χ3n) is 3.38. The van der Waals surface area contributed by atoms with Crippen molar-refractivity contribution in [1.82, 2.24) is 24.9 Å². The number of nitrogens with one attached hydrogen (secondary N) is 1. The molecule has 0 fully saturated rings. The van der Waals surface area contributed by atoms with Crippen LogP contribution in [0.15, 0.2) is 42.3 Å². The van der Waals surface area contributed by atoms with Gasteiger partial charge in [-0.25, -0.2) is 19.7 Å². The van der Waals surface area contributed by atoms with Crippen molar-refractivity contribution in [2.24, 2.45) is 0 Å². The van der Waals surface area contributed by atoms with E-state index in [2.05, 4.69) is 24.9 Å². The van der Waals surface area contributed by atoms with Crippen LogP contribution in [0.4, 0.5) is 0 Å². The highest BCUT2D eigenvalue weighted by Gasteiger charge is 2.12. The molecule has 4 aromatic heterocycles. The molecular weight excluding hydrogens is 338 g/mol. The van der Waals surface area contributed by atoms with E-state index in [4.69, 9.17) is 5.11 Å². The molecule has 2 N–H and O–H groups in total. The van der Waals surface area contributed by atoms with E-state index < -0.39 is 5.97 Å². The van der Waals surface area contributed by atoms with Crippen molar-refractivity contribution >= 4 is 28.2 Å². The number of H-pyrrole nitrogens is 1. The lowest BCUT2D eigenvalue weighted by atomic mass is 10.2. The second kappa shape index (κ2) is 7.18. The van der Waals surface area contributed by atoms with E-state index in [0.29, 0.717) is 16.5 Å². The maximum atomic E-state index is 10.8. The zero-order valence-electron chi connectivity index (χ0n) is 13.6. The van der Waals surface area contributed by atoms with Crippen molar-refractivity contribution in [3.8, 4) is 10.8 Å². The molecule has 7 nitrogen and oxygen atoms in total. The number of hydrogen-bond acceptors (Lipinski definition) is 6. The average Bonchev–Trinajstić information content (AvgIpc) is 3.23. The SMILES string of the molecule is Cc1csc(-c2ncc(C(=O)O)c(C)n2)n1.c1cc2cc[nH]c2cn1. The monoisotopic (exact) mass is 353 g/mol. The number of hydrogen-bond donors (Lipinski definition) is 2. The summed E-state index contributed by atoms with van der Waals surface area (Å²) in [5.74, 6) is -0.542. The number of fused-ring (bicyclic) bond motifs is 1. The van der Waals surface area contributed by atoms with Gasteiger partial charge in [0, 0.05) is 35.1 Å². The Labute approximate surface area is 147 Å². The zero-order valence-corrected chi connectivity index (χ0v) is 14.4. The van der Waals surface area contributed by atoms with Crippen LogP contribution >= 0.6 is 11.3 Å².